The van der Waals surface area contributed by atoms with Crippen molar-refractivity contribution in [3.05, 3.63) is 71.4 Å². The first-order valence-corrected chi connectivity index (χ1v) is 12.7. The second-order valence-electron chi connectivity index (χ2n) is 9.46. The second-order valence-corrected chi connectivity index (χ2v) is 11.2. The molecule has 1 N–H and O–H groups in total. The minimum absolute atomic E-state index is 0.0587. The Labute approximate surface area is 201 Å². The number of likely N-dealkylation sites (N-methyl/N-ethyl adjacent to an activating group) is 1. The summed E-state index contributed by atoms with van der Waals surface area (Å²) in [6.07, 6.45) is 1.49. The number of esters is 1. The third-order valence-corrected chi connectivity index (χ3v) is 7.59. The maximum Gasteiger partial charge on any atom is 0.324 e. The molecular formula is C26H32N2O5S. The fourth-order valence-electron chi connectivity index (χ4n) is 4.09. The molecule has 0 aliphatic carbocycles. The third-order valence-electron chi connectivity index (χ3n) is 6.13. The van der Waals surface area contributed by atoms with Crippen molar-refractivity contribution in [2.45, 2.75) is 51.0 Å². The maximum atomic E-state index is 12.7. The quantitative estimate of drug-likeness (QED) is 0.453. The Balaban J connectivity index is 1.70. The number of para-hydroxylation sites is 1. The predicted octanol–water partition coefficient (Wildman–Crippen LogP) is 3.72. The van der Waals surface area contributed by atoms with E-state index < -0.39 is 28.6 Å². The predicted molar refractivity (Wildman–Crippen MR) is 132 cm³/mol. The number of benzene rings is 2. The van der Waals surface area contributed by atoms with Crippen molar-refractivity contribution < 1.29 is 22.7 Å². The van der Waals surface area contributed by atoms with Gasteiger partial charge in [0.25, 0.3) is 0 Å². The normalized spacial score (nSPS) is 17.0. The van der Waals surface area contributed by atoms with Crippen LogP contribution in [-0.4, -0.2) is 39.9 Å². The molecule has 0 fully saturated rings. The summed E-state index contributed by atoms with van der Waals surface area (Å²) in [6.45, 7) is 8.87. The number of hydrogen-bond donors (Lipinski definition) is 1. The Morgan fingerprint density at radius 1 is 1.09 bits per heavy atom. The molecule has 1 aliphatic rings. The minimum Gasteiger partial charge on any atom is -0.456 e. The number of ether oxygens (including phenoxy) is 1. The Morgan fingerprint density at radius 3 is 2.29 bits per heavy atom. The highest BCUT2D eigenvalue weighted by molar-refractivity contribution is 7.89. The van der Waals surface area contributed by atoms with Gasteiger partial charge in [-0.15, -0.1) is 0 Å². The van der Waals surface area contributed by atoms with E-state index in [2.05, 4.69) is 4.72 Å². The third kappa shape index (κ3) is 5.23. The topological polar surface area (TPSA) is 92.8 Å². The lowest BCUT2D eigenvalue weighted by atomic mass is 9.83. The number of carbonyl (C=O) groups is 2. The van der Waals surface area contributed by atoms with Crippen LogP contribution in [0.1, 0.15) is 38.8 Å². The molecular weight excluding hydrogens is 452 g/mol. The lowest BCUT2D eigenvalue weighted by molar-refractivity contribution is -0.149. The molecule has 1 atom stereocenters. The smallest absolute Gasteiger partial charge is 0.324 e. The van der Waals surface area contributed by atoms with Crippen LogP contribution in [0.15, 0.2) is 65.2 Å². The number of aryl methyl sites for hydroxylation is 1. The monoisotopic (exact) mass is 484 g/mol. The molecule has 8 heteroatoms. The van der Waals surface area contributed by atoms with E-state index in [4.69, 9.17) is 4.74 Å². The van der Waals surface area contributed by atoms with Gasteiger partial charge in [0, 0.05) is 29.9 Å². The van der Waals surface area contributed by atoms with Crippen LogP contribution in [0.3, 0.4) is 0 Å². The fourth-order valence-corrected chi connectivity index (χ4v) is 5.43. The van der Waals surface area contributed by atoms with Gasteiger partial charge in [-0.2, -0.15) is 4.72 Å². The molecule has 0 saturated carbocycles. The van der Waals surface area contributed by atoms with Gasteiger partial charge in [-0.3, -0.25) is 9.59 Å². The van der Waals surface area contributed by atoms with Gasteiger partial charge in [-0.05, 0) is 36.6 Å². The number of fused-ring (bicyclic) bond motifs is 1. The van der Waals surface area contributed by atoms with Crippen LogP contribution in [-0.2, 0) is 29.8 Å². The van der Waals surface area contributed by atoms with E-state index in [0.717, 1.165) is 22.5 Å². The molecule has 2 aromatic carbocycles. The SMILES string of the molecule is Cc1ccc(S(=O)(=O)NC(C(=O)OCC(=O)/C=C2/N(C)c3ccccc3C2(C)C)C(C)C)cc1. The number of ketones is 1. The average molecular weight is 485 g/mol. The number of anilines is 1. The highest BCUT2D eigenvalue weighted by Gasteiger charge is 2.38. The van der Waals surface area contributed by atoms with E-state index in [9.17, 15) is 18.0 Å². The molecule has 3 rings (SSSR count). The van der Waals surface area contributed by atoms with Crippen molar-refractivity contribution >= 4 is 27.5 Å². The van der Waals surface area contributed by atoms with Gasteiger partial charge >= 0.3 is 5.97 Å². The van der Waals surface area contributed by atoms with E-state index in [1.54, 1.807) is 26.0 Å². The molecule has 34 heavy (non-hydrogen) atoms. The summed E-state index contributed by atoms with van der Waals surface area (Å²) >= 11 is 0. The van der Waals surface area contributed by atoms with Crippen LogP contribution in [0.25, 0.3) is 0 Å². The van der Waals surface area contributed by atoms with Crippen molar-refractivity contribution in [1.82, 2.24) is 4.72 Å². The van der Waals surface area contributed by atoms with E-state index in [-0.39, 0.29) is 22.0 Å². The largest absolute Gasteiger partial charge is 0.456 e. The van der Waals surface area contributed by atoms with E-state index in [1.807, 2.05) is 57.0 Å². The summed E-state index contributed by atoms with van der Waals surface area (Å²) in [5.41, 5.74) is 3.48. The number of rotatable bonds is 8. The summed E-state index contributed by atoms with van der Waals surface area (Å²) in [7, 11) is -2.03. The number of allylic oxidation sites excluding steroid dienone is 1. The molecule has 7 nitrogen and oxygen atoms in total. The van der Waals surface area contributed by atoms with Crippen molar-refractivity contribution in [2.24, 2.45) is 5.92 Å². The van der Waals surface area contributed by atoms with Gasteiger partial charge in [-0.25, -0.2) is 8.42 Å². The molecule has 1 heterocycles. The van der Waals surface area contributed by atoms with E-state index in [1.165, 1.54) is 18.2 Å². The second kappa shape index (κ2) is 9.72. The highest BCUT2D eigenvalue weighted by Crippen LogP contribution is 2.46. The van der Waals surface area contributed by atoms with Gasteiger partial charge in [0.05, 0.1) is 4.90 Å². The Kier molecular flexibility index (Phi) is 7.33. The molecule has 1 aliphatic heterocycles. The first-order chi connectivity index (χ1) is 15.8. The van der Waals surface area contributed by atoms with Crippen molar-refractivity contribution in [3.63, 3.8) is 0 Å². The number of nitrogens with one attached hydrogen (secondary N) is 1. The summed E-state index contributed by atoms with van der Waals surface area (Å²) in [5, 5.41) is 0. The zero-order chi connectivity index (χ0) is 25.3. The Morgan fingerprint density at radius 2 is 1.71 bits per heavy atom. The number of hydrogen-bond acceptors (Lipinski definition) is 6. The summed E-state index contributed by atoms with van der Waals surface area (Å²) < 4.78 is 33.2. The molecule has 0 saturated heterocycles. The van der Waals surface area contributed by atoms with Gasteiger partial charge in [0.1, 0.15) is 6.04 Å². The summed E-state index contributed by atoms with van der Waals surface area (Å²) in [5.74, 6) is -1.55. The van der Waals surface area contributed by atoms with Crippen LogP contribution in [0, 0.1) is 12.8 Å². The average Bonchev–Trinajstić information content (AvgIpc) is 2.97. The zero-order valence-electron chi connectivity index (χ0n) is 20.5. The van der Waals surface area contributed by atoms with E-state index in [0.29, 0.717) is 0 Å². The van der Waals surface area contributed by atoms with Crippen molar-refractivity contribution in [1.29, 1.82) is 0 Å². The van der Waals surface area contributed by atoms with Crippen LogP contribution in [0.4, 0.5) is 5.69 Å². The van der Waals surface area contributed by atoms with Gasteiger partial charge in [0.2, 0.25) is 10.0 Å². The summed E-state index contributed by atoms with van der Waals surface area (Å²) in [4.78, 5) is 27.4. The lowest BCUT2D eigenvalue weighted by Crippen LogP contribution is -2.45. The first-order valence-electron chi connectivity index (χ1n) is 11.2. The van der Waals surface area contributed by atoms with Gasteiger partial charge in [0.15, 0.2) is 12.4 Å². The van der Waals surface area contributed by atoms with Gasteiger partial charge in [-0.1, -0.05) is 63.6 Å². The minimum atomic E-state index is -3.93. The molecule has 0 spiro atoms. The van der Waals surface area contributed by atoms with Crippen LogP contribution in [0.2, 0.25) is 0 Å². The standard InChI is InChI=1S/C26H32N2O5S/c1-17(2)24(27-34(31,32)20-13-11-18(3)12-14-20)25(30)33-16-19(29)15-23-26(4,5)21-9-7-8-10-22(21)28(23)6/h7-15,17,24,27H,16H2,1-6H3/b23-15+. The molecule has 1 unspecified atom stereocenters. The summed E-state index contributed by atoms with van der Waals surface area (Å²) in [6, 6.07) is 13.1. The molecule has 0 radical (unpaired) electrons. The highest BCUT2D eigenvalue weighted by atomic mass is 32.2. The van der Waals surface area contributed by atoms with Gasteiger partial charge < -0.3 is 9.64 Å². The number of nitrogens with zero attached hydrogens (tertiary/aromatic N) is 1. The first kappa shape index (κ1) is 25.6. The zero-order valence-corrected chi connectivity index (χ0v) is 21.3. The Bertz CT molecular complexity index is 1210. The fraction of sp³-hybridized carbons (Fsp3) is 0.385. The van der Waals surface area contributed by atoms with Crippen molar-refractivity contribution in [3.8, 4) is 0 Å². The molecule has 2 aromatic rings. The van der Waals surface area contributed by atoms with E-state index >= 15 is 0 Å². The Hall–Kier alpha value is -2.97. The maximum absolute atomic E-state index is 12.7. The molecule has 0 amide bonds. The molecule has 182 valence electrons. The van der Waals surface area contributed by atoms with Crippen LogP contribution >= 0.6 is 0 Å². The van der Waals surface area contributed by atoms with Crippen LogP contribution in [0.5, 0.6) is 0 Å². The molecule has 0 aromatic heterocycles. The molecule has 0 bridgehead atoms. The van der Waals surface area contributed by atoms with Crippen molar-refractivity contribution in [2.75, 3.05) is 18.6 Å². The number of carbonyl (C=O) groups excluding carboxylic acids is 2. The number of sulfonamides is 1. The lowest BCUT2D eigenvalue weighted by Gasteiger charge is -2.24. The van der Waals surface area contributed by atoms with Crippen LogP contribution < -0.4 is 9.62 Å².